The van der Waals surface area contributed by atoms with E-state index in [0.717, 1.165) is 33.5 Å². The number of carbonyl (C=O) groups excluding carboxylic acids is 2. The van der Waals surface area contributed by atoms with Crippen LogP contribution in [-0.4, -0.2) is 23.4 Å². The Labute approximate surface area is 181 Å². The summed E-state index contributed by atoms with van der Waals surface area (Å²) in [5, 5.41) is 2.88. The molecule has 5 heteroatoms. The fourth-order valence-corrected chi connectivity index (χ4v) is 3.61. The first-order valence-electron chi connectivity index (χ1n) is 9.76. The minimum atomic E-state index is -0.327. The Morgan fingerprint density at radius 1 is 0.867 bits per heavy atom. The van der Waals surface area contributed by atoms with Gasteiger partial charge in [-0.25, -0.2) is 0 Å². The van der Waals surface area contributed by atoms with E-state index in [9.17, 15) is 9.59 Å². The van der Waals surface area contributed by atoms with Crippen molar-refractivity contribution in [2.75, 3.05) is 16.8 Å². The van der Waals surface area contributed by atoms with Gasteiger partial charge in [0.1, 0.15) is 6.61 Å². The molecule has 30 heavy (non-hydrogen) atoms. The maximum atomic E-state index is 12.1. The normalized spacial score (nSPS) is 10.5. The molecule has 1 amide bonds. The van der Waals surface area contributed by atoms with Gasteiger partial charge in [-0.05, 0) is 42.2 Å². The summed E-state index contributed by atoms with van der Waals surface area (Å²) in [6.45, 7) is 4.19. The van der Waals surface area contributed by atoms with Crippen LogP contribution < -0.4 is 5.32 Å². The summed E-state index contributed by atoms with van der Waals surface area (Å²) in [6.07, 6.45) is 0. The van der Waals surface area contributed by atoms with Gasteiger partial charge in [-0.3, -0.25) is 9.59 Å². The van der Waals surface area contributed by atoms with Crippen molar-refractivity contribution < 1.29 is 14.3 Å². The van der Waals surface area contributed by atoms with Gasteiger partial charge in [-0.1, -0.05) is 72.3 Å². The highest BCUT2D eigenvalue weighted by Gasteiger charge is 2.09. The van der Waals surface area contributed by atoms with Gasteiger partial charge in [0.15, 0.2) is 0 Å². The van der Waals surface area contributed by atoms with Crippen molar-refractivity contribution in [3.63, 3.8) is 0 Å². The number of ether oxygens (including phenoxy) is 1. The van der Waals surface area contributed by atoms with Gasteiger partial charge in [0.25, 0.3) is 0 Å². The third kappa shape index (κ3) is 6.49. The highest BCUT2D eigenvalue weighted by molar-refractivity contribution is 8.00. The minimum Gasteiger partial charge on any atom is -0.460 e. The van der Waals surface area contributed by atoms with Crippen LogP contribution in [0.2, 0.25) is 0 Å². The number of nitrogens with one attached hydrogen (secondary N) is 1. The largest absolute Gasteiger partial charge is 0.460 e. The van der Waals surface area contributed by atoms with E-state index >= 15 is 0 Å². The van der Waals surface area contributed by atoms with Gasteiger partial charge in [0, 0.05) is 5.69 Å². The average Bonchev–Trinajstić information content (AvgIpc) is 2.75. The highest BCUT2D eigenvalue weighted by atomic mass is 32.2. The van der Waals surface area contributed by atoms with Crippen LogP contribution in [0.5, 0.6) is 0 Å². The third-order valence-electron chi connectivity index (χ3n) is 4.57. The van der Waals surface area contributed by atoms with Gasteiger partial charge in [-0.15, -0.1) is 11.8 Å². The summed E-state index contributed by atoms with van der Waals surface area (Å²) in [5.74, 6) is -0.112. The molecule has 0 saturated carbocycles. The summed E-state index contributed by atoms with van der Waals surface area (Å²) in [4.78, 5) is 24.0. The molecule has 0 saturated heterocycles. The first-order chi connectivity index (χ1) is 14.5. The third-order valence-corrected chi connectivity index (χ3v) is 5.48. The van der Waals surface area contributed by atoms with E-state index in [1.165, 1.54) is 11.8 Å². The number of amides is 1. The molecule has 4 nitrogen and oxygen atoms in total. The Bertz CT molecular complexity index is 1000. The van der Waals surface area contributed by atoms with Crippen molar-refractivity contribution in [2.24, 2.45) is 0 Å². The van der Waals surface area contributed by atoms with E-state index in [4.69, 9.17) is 4.74 Å². The molecular formula is C25H25NO3S. The Hall–Kier alpha value is -3.05. The number of esters is 1. The molecule has 0 atom stereocenters. The number of hydrogen-bond donors (Lipinski definition) is 1. The first kappa shape index (κ1) is 21.7. The number of rotatable bonds is 8. The smallest absolute Gasteiger partial charge is 0.316 e. The van der Waals surface area contributed by atoms with Gasteiger partial charge >= 0.3 is 5.97 Å². The molecule has 1 N–H and O–H groups in total. The van der Waals surface area contributed by atoms with E-state index in [1.54, 1.807) is 0 Å². The maximum Gasteiger partial charge on any atom is 0.316 e. The molecule has 0 unspecified atom stereocenters. The SMILES string of the molecule is Cc1ccc(NC(=O)CSCC(=O)OCc2ccc(-c3ccccc3)cc2)c(C)c1. The molecule has 0 spiro atoms. The lowest BCUT2D eigenvalue weighted by molar-refractivity contribution is -0.141. The van der Waals surface area contributed by atoms with Crippen molar-refractivity contribution in [1.29, 1.82) is 0 Å². The highest BCUT2D eigenvalue weighted by Crippen LogP contribution is 2.20. The van der Waals surface area contributed by atoms with Crippen molar-refractivity contribution >= 4 is 29.3 Å². The zero-order valence-corrected chi connectivity index (χ0v) is 18.0. The molecule has 0 aromatic heterocycles. The fraction of sp³-hybridized carbons (Fsp3) is 0.200. The molecule has 0 radical (unpaired) electrons. The summed E-state index contributed by atoms with van der Waals surface area (Å²) >= 11 is 1.25. The number of carbonyl (C=O) groups is 2. The zero-order chi connectivity index (χ0) is 21.3. The Morgan fingerprint density at radius 2 is 1.57 bits per heavy atom. The summed E-state index contributed by atoms with van der Waals surface area (Å²) in [7, 11) is 0. The van der Waals surface area contributed by atoms with E-state index in [-0.39, 0.29) is 30.0 Å². The van der Waals surface area contributed by atoms with Gasteiger partial charge in [-0.2, -0.15) is 0 Å². The van der Waals surface area contributed by atoms with Crippen molar-refractivity contribution in [3.05, 3.63) is 89.5 Å². The van der Waals surface area contributed by atoms with Crippen LogP contribution in [0.4, 0.5) is 5.69 Å². The summed E-state index contributed by atoms with van der Waals surface area (Å²) in [5.41, 5.74) is 6.17. The van der Waals surface area contributed by atoms with Crippen LogP contribution in [0.15, 0.2) is 72.8 Å². The minimum absolute atomic E-state index is 0.128. The number of aryl methyl sites for hydroxylation is 2. The van der Waals surface area contributed by atoms with E-state index in [0.29, 0.717) is 0 Å². The van der Waals surface area contributed by atoms with Crippen molar-refractivity contribution in [2.45, 2.75) is 20.5 Å². The Kier molecular flexibility index (Phi) is 7.69. The molecule has 0 aliphatic rings. The van der Waals surface area contributed by atoms with E-state index in [1.807, 2.05) is 74.5 Å². The maximum absolute atomic E-state index is 12.1. The van der Waals surface area contributed by atoms with Crippen LogP contribution in [0.1, 0.15) is 16.7 Å². The van der Waals surface area contributed by atoms with Crippen LogP contribution in [-0.2, 0) is 20.9 Å². The molecule has 3 aromatic carbocycles. The van der Waals surface area contributed by atoms with Crippen LogP contribution >= 0.6 is 11.8 Å². The number of thioether (sulfide) groups is 1. The van der Waals surface area contributed by atoms with Crippen molar-refractivity contribution in [1.82, 2.24) is 0 Å². The number of hydrogen-bond acceptors (Lipinski definition) is 4. The van der Waals surface area contributed by atoms with Gasteiger partial charge in [0.05, 0.1) is 11.5 Å². The number of anilines is 1. The molecule has 154 valence electrons. The molecule has 3 rings (SSSR count). The zero-order valence-electron chi connectivity index (χ0n) is 17.2. The fourth-order valence-electron chi connectivity index (χ4n) is 3.00. The second-order valence-electron chi connectivity index (χ2n) is 7.08. The monoisotopic (exact) mass is 419 g/mol. The molecule has 0 heterocycles. The second kappa shape index (κ2) is 10.6. The predicted octanol–water partition coefficient (Wildman–Crippen LogP) is 5.39. The standard InChI is InChI=1S/C25H25NO3S/c1-18-8-13-23(19(2)14-18)26-24(27)16-30-17-25(28)29-15-20-9-11-22(12-10-20)21-6-4-3-5-7-21/h3-14H,15-17H2,1-2H3,(H,26,27). The lowest BCUT2D eigenvalue weighted by Crippen LogP contribution is -2.16. The quantitative estimate of drug-likeness (QED) is 0.498. The van der Waals surface area contributed by atoms with Crippen LogP contribution in [0, 0.1) is 13.8 Å². The Morgan fingerprint density at radius 3 is 2.27 bits per heavy atom. The Balaban J connectivity index is 1.38. The molecule has 3 aromatic rings. The predicted molar refractivity (Wildman–Crippen MR) is 124 cm³/mol. The van der Waals surface area contributed by atoms with Gasteiger partial charge < -0.3 is 10.1 Å². The molecule has 0 fully saturated rings. The summed E-state index contributed by atoms with van der Waals surface area (Å²) in [6, 6.07) is 23.9. The van der Waals surface area contributed by atoms with Crippen LogP contribution in [0.3, 0.4) is 0 Å². The molecule has 0 aliphatic carbocycles. The van der Waals surface area contributed by atoms with Gasteiger partial charge in [0.2, 0.25) is 5.91 Å². The van der Waals surface area contributed by atoms with Crippen LogP contribution in [0.25, 0.3) is 11.1 Å². The second-order valence-corrected chi connectivity index (χ2v) is 8.07. The van der Waals surface area contributed by atoms with Crippen molar-refractivity contribution in [3.8, 4) is 11.1 Å². The topological polar surface area (TPSA) is 55.4 Å². The lowest BCUT2D eigenvalue weighted by Gasteiger charge is -2.09. The lowest BCUT2D eigenvalue weighted by atomic mass is 10.0. The first-order valence-corrected chi connectivity index (χ1v) is 10.9. The molecular weight excluding hydrogens is 394 g/mol. The number of benzene rings is 3. The summed E-state index contributed by atoms with van der Waals surface area (Å²) < 4.78 is 5.31. The van der Waals surface area contributed by atoms with E-state index < -0.39 is 0 Å². The van der Waals surface area contributed by atoms with E-state index in [2.05, 4.69) is 17.4 Å². The molecule has 0 aliphatic heterocycles. The molecule has 0 bridgehead atoms. The average molecular weight is 420 g/mol.